The van der Waals surface area contributed by atoms with Crippen molar-refractivity contribution in [3.8, 4) is 5.75 Å². The first-order chi connectivity index (χ1) is 9.22. The van der Waals surface area contributed by atoms with Crippen LogP contribution in [0, 0.1) is 5.82 Å². The van der Waals surface area contributed by atoms with Gasteiger partial charge in [-0.1, -0.05) is 12.1 Å². The third-order valence-electron chi connectivity index (χ3n) is 3.54. The predicted octanol–water partition coefficient (Wildman–Crippen LogP) is 3.48. The molecule has 0 aliphatic heterocycles. The van der Waals surface area contributed by atoms with Crippen molar-refractivity contribution in [1.29, 1.82) is 0 Å². The minimum absolute atomic E-state index is 0.168. The Morgan fingerprint density at radius 1 is 1.05 bits per heavy atom. The number of nitrogen functional groups attached to an aromatic ring is 1. The summed E-state index contributed by atoms with van der Waals surface area (Å²) in [6, 6.07) is 11.0. The molecule has 0 fully saturated rings. The molecule has 0 heterocycles. The number of benzene rings is 2. The minimum atomic E-state index is -0.393. The van der Waals surface area contributed by atoms with E-state index in [4.69, 9.17) is 10.5 Å². The molecule has 0 saturated heterocycles. The maximum atomic E-state index is 13.3. The van der Waals surface area contributed by atoms with Gasteiger partial charge in [-0.15, -0.1) is 0 Å². The quantitative estimate of drug-likeness (QED) is 0.854. The Balaban J connectivity index is 1.70. The molecule has 19 heavy (non-hydrogen) atoms. The molecule has 2 N–H and O–H groups in total. The molecule has 98 valence electrons. The van der Waals surface area contributed by atoms with Crippen LogP contribution in [0.4, 0.5) is 10.1 Å². The number of aryl methyl sites for hydroxylation is 2. The Morgan fingerprint density at radius 3 is 2.74 bits per heavy atom. The smallest absolute Gasteiger partial charge is 0.146 e. The Bertz CT molecular complexity index is 610. The second-order valence-corrected chi connectivity index (χ2v) is 4.93. The number of nitrogens with two attached hydrogens (primary N) is 1. The van der Waals surface area contributed by atoms with E-state index in [2.05, 4.69) is 12.1 Å². The van der Waals surface area contributed by atoms with Crippen molar-refractivity contribution in [3.05, 3.63) is 58.9 Å². The lowest BCUT2D eigenvalue weighted by molar-refractivity contribution is 0.305. The van der Waals surface area contributed by atoms with Gasteiger partial charge < -0.3 is 10.5 Å². The van der Waals surface area contributed by atoms with E-state index in [1.54, 1.807) is 12.1 Å². The molecule has 2 aromatic carbocycles. The molecule has 1 aliphatic rings. The second-order valence-electron chi connectivity index (χ2n) is 4.93. The third-order valence-corrected chi connectivity index (χ3v) is 3.54. The number of anilines is 1. The standard InChI is InChI=1S/C16H16FNO/c17-15-8-11(4-7-16(15)18)10-19-14-6-5-12-2-1-3-13(12)9-14/h4-9H,1-3,10,18H2. The molecule has 2 aromatic rings. The van der Waals surface area contributed by atoms with Gasteiger partial charge in [-0.2, -0.15) is 0 Å². The molecular weight excluding hydrogens is 241 g/mol. The highest BCUT2D eigenvalue weighted by Gasteiger charge is 2.11. The molecule has 3 rings (SSSR count). The van der Waals surface area contributed by atoms with E-state index < -0.39 is 5.82 Å². The van der Waals surface area contributed by atoms with Crippen LogP contribution in [0.3, 0.4) is 0 Å². The molecular formula is C16H16FNO. The summed E-state index contributed by atoms with van der Waals surface area (Å²) >= 11 is 0. The molecule has 0 atom stereocenters. The first kappa shape index (κ1) is 12.0. The fourth-order valence-corrected chi connectivity index (χ4v) is 2.47. The molecule has 0 aromatic heterocycles. The van der Waals surface area contributed by atoms with Crippen molar-refractivity contribution in [3.63, 3.8) is 0 Å². The van der Waals surface area contributed by atoms with E-state index in [0.717, 1.165) is 17.7 Å². The van der Waals surface area contributed by atoms with Gasteiger partial charge in [0.2, 0.25) is 0 Å². The van der Waals surface area contributed by atoms with Crippen LogP contribution in [0.25, 0.3) is 0 Å². The van der Waals surface area contributed by atoms with Crippen molar-refractivity contribution in [2.45, 2.75) is 25.9 Å². The molecule has 1 aliphatic carbocycles. The fourth-order valence-electron chi connectivity index (χ4n) is 2.47. The maximum Gasteiger partial charge on any atom is 0.146 e. The monoisotopic (exact) mass is 257 g/mol. The largest absolute Gasteiger partial charge is 0.489 e. The zero-order valence-corrected chi connectivity index (χ0v) is 10.7. The van der Waals surface area contributed by atoms with Crippen LogP contribution in [0.15, 0.2) is 36.4 Å². The van der Waals surface area contributed by atoms with Crippen molar-refractivity contribution in [2.24, 2.45) is 0 Å². The van der Waals surface area contributed by atoms with Gasteiger partial charge in [-0.05, 0) is 60.2 Å². The predicted molar refractivity (Wildman–Crippen MR) is 73.6 cm³/mol. The highest BCUT2D eigenvalue weighted by atomic mass is 19.1. The van der Waals surface area contributed by atoms with E-state index in [9.17, 15) is 4.39 Å². The zero-order chi connectivity index (χ0) is 13.2. The third kappa shape index (κ3) is 2.55. The second kappa shape index (κ2) is 4.92. The number of hydrogen-bond acceptors (Lipinski definition) is 2. The summed E-state index contributed by atoms with van der Waals surface area (Å²) in [6.45, 7) is 0.357. The highest BCUT2D eigenvalue weighted by Crippen LogP contribution is 2.26. The average Bonchev–Trinajstić information content (AvgIpc) is 2.87. The molecule has 0 radical (unpaired) electrons. The van der Waals surface area contributed by atoms with Gasteiger partial charge in [-0.25, -0.2) is 4.39 Å². The summed E-state index contributed by atoms with van der Waals surface area (Å²) in [5.41, 5.74) is 9.19. The normalized spacial score (nSPS) is 13.3. The Morgan fingerprint density at radius 2 is 1.89 bits per heavy atom. The van der Waals surface area contributed by atoms with E-state index in [1.807, 2.05) is 6.07 Å². The number of hydrogen-bond donors (Lipinski definition) is 1. The lowest BCUT2D eigenvalue weighted by Gasteiger charge is -2.09. The van der Waals surface area contributed by atoms with Crippen LogP contribution in [-0.4, -0.2) is 0 Å². The highest BCUT2D eigenvalue weighted by molar-refractivity contribution is 5.41. The van der Waals surface area contributed by atoms with E-state index in [1.165, 1.54) is 30.0 Å². The minimum Gasteiger partial charge on any atom is -0.489 e. The van der Waals surface area contributed by atoms with E-state index in [-0.39, 0.29) is 5.69 Å². The van der Waals surface area contributed by atoms with Gasteiger partial charge in [0.1, 0.15) is 18.2 Å². The lowest BCUT2D eigenvalue weighted by Crippen LogP contribution is -1.98. The summed E-state index contributed by atoms with van der Waals surface area (Å²) in [7, 11) is 0. The molecule has 0 amide bonds. The van der Waals surface area contributed by atoms with Crippen LogP contribution >= 0.6 is 0 Å². The zero-order valence-electron chi connectivity index (χ0n) is 10.7. The van der Waals surface area contributed by atoms with Crippen LogP contribution in [0.5, 0.6) is 5.75 Å². The van der Waals surface area contributed by atoms with Crippen LogP contribution in [-0.2, 0) is 19.4 Å². The summed E-state index contributed by atoms with van der Waals surface area (Å²) in [4.78, 5) is 0. The van der Waals surface area contributed by atoms with Gasteiger partial charge in [0.15, 0.2) is 0 Å². The van der Waals surface area contributed by atoms with E-state index in [0.29, 0.717) is 6.61 Å². The van der Waals surface area contributed by atoms with Crippen molar-refractivity contribution in [2.75, 3.05) is 5.73 Å². The first-order valence-electron chi connectivity index (χ1n) is 6.51. The van der Waals surface area contributed by atoms with Crippen molar-refractivity contribution >= 4 is 5.69 Å². The van der Waals surface area contributed by atoms with Crippen LogP contribution < -0.4 is 10.5 Å². The SMILES string of the molecule is Nc1ccc(COc2ccc3c(c2)CCC3)cc1F. The molecule has 0 unspecified atom stereocenters. The topological polar surface area (TPSA) is 35.2 Å². The van der Waals surface area contributed by atoms with Gasteiger partial charge in [-0.3, -0.25) is 0 Å². The van der Waals surface area contributed by atoms with Gasteiger partial charge in [0.25, 0.3) is 0 Å². The van der Waals surface area contributed by atoms with Gasteiger partial charge in [0.05, 0.1) is 5.69 Å². The maximum absolute atomic E-state index is 13.3. The first-order valence-corrected chi connectivity index (χ1v) is 6.51. The summed E-state index contributed by atoms with van der Waals surface area (Å²) in [5.74, 6) is 0.452. The van der Waals surface area contributed by atoms with Crippen molar-refractivity contribution in [1.82, 2.24) is 0 Å². The van der Waals surface area contributed by atoms with Gasteiger partial charge in [0, 0.05) is 0 Å². The number of halogens is 1. The molecule has 0 spiro atoms. The van der Waals surface area contributed by atoms with Crippen molar-refractivity contribution < 1.29 is 9.13 Å². The lowest BCUT2D eigenvalue weighted by atomic mass is 10.1. The number of fused-ring (bicyclic) bond motifs is 1. The van der Waals surface area contributed by atoms with Crippen LogP contribution in [0.2, 0.25) is 0 Å². The van der Waals surface area contributed by atoms with E-state index >= 15 is 0 Å². The summed E-state index contributed by atoms with van der Waals surface area (Å²) in [5, 5.41) is 0. The molecule has 0 bridgehead atoms. The summed E-state index contributed by atoms with van der Waals surface area (Å²) < 4.78 is 19.0. The Labute approximate surface area is 112 Å². The average molecular weight is 257 g/mol. The van der Waals surface area contributed by atoms with Crippen LogP contribution in [0.1, 0.15) is 23.1 Å². The summed E-state index contributed by atoms with van der Waals surface area (Å²) in [6.07, 6.45) is 3.52. The number of rotatable bonds is 3. The fraction of sp³-hybridized carbons (Fsp3) is 0.250. The molecule has 3 heteroatoms. The molecule has 2 nitrogen and oxygen atoms in total. The Kier molecular flexibility index (Phi) is 3.11. The molecule has 0 saturated carbocycles. The Hall–Kier alpha value is -2.03. The van der Waals surface area contributed by atoms with Gasteiger partial charge >= 0.3 is 0 Å². The number of ether oxygens (including phenoxy) is 1.